The number of nitrogens with one attached hydrogen (secondary N) is 1. The van der Waals surface area contributed by atoms with Crippen LogP contribution < -0.4 is 5.32 Å². The number of rotatable bonds is 6. The fourth-order valence-corrected chi connectivity index (χ4v) is 2.27. The van der Waals surface area contributed by atoms with Gasteiger partial charge in [-0.1, -0.05) is 0 Å². The number of esters is 2. The molecule has 0 heterocycles. The quantitative estimate of drug-likeness (QED) is 0.448. The molecular weight excluding hydrogens is 298 g/mol. The van der Waals surface area contributed by atoms with Crippen LogP contribution in [0.15, 0.2) is 0 Å². The Morgan fingerprint density at radius 3 is 1.95 bits per heavy atom. The van der Waals surface area contributed by atoms with E-state index in [-0.39, 0.29) is 6.04 Å². The highest BCUT2D eigenvalue weighted by Crippen LogP contribution is 2.16. The Balaban J connectivity index is 4.37. The summed E-state index contributed by atoms with van der Waals surface area (Å²) in [5.41, 5.74) is -0.586. The summed E-state index contributed by atoms with van der Waals surface area (Å²) in [6.45, 7) is 7.02. The maximum absolute atomic E-state index is 11.6. The van der Waals surface area contributed by atoms with Crippen LogP contribution in [0.5, 0.6) is 0 Å². The smallest absolute Gasteiger partial charge is 0.407 e. The summed E-state index contributed by atoms with van der Waals surface area (Å²) in [6, 6.07) is -0.290. The zero-order chi connectivity index (χ0) is 16.6. The molecule has 0 unspecified atom stereocenters. The molecule has 1 N–H and O–H groups in total. The van der Waals surface area contributed by atoms with E-state index in [2.05, 4.69) is 14.8 Å². The van der Waals surface area contributed by atoms with Crippen molar-refractivity contribution in [1.29, 1.82) is 0 Å². The highest BCUT2D eigenvalue weighted by atomic mass is 32.2. The van der Waals surface area contributed by atoms with Crippen molar-refractivity contribution in [2.75, 3.05) is 20.0 Å². The van der Waals surface area contributed by atoms with Crippen LogP contribution in [0.4, 0.5) is 4.79 Å². The second-order valence-electron chi connectivity index (χ2n) is 5.31. The van der Waals surface area contributed by atoms with E-state index >= 15 is 0 Å². The van der Waals surface area contributed by atoms with Gasteiger partial charge in [-0.3, -0.25) is 9.59 Å². The third-order valence-corrected chi connectivity index (χ3v) is 3.52. The molecular formula is C13H23NO6S. The summed E-state index contributed by atoms with van der Waals surface area (Å²) in [4.78, 5) is 34.5. The Bertz CT molecular complexity index is 363. The maximum Gasteiger partial charge on any atom is 0.407 e. The molecule has 1 atom stereocenters. The second-order valence-corrected chi connectivity index (χ2v) is 6.45. The highest BCUT2D eigenvalue weighted by molar-refractivity contribution is 8.01. The Hall–Kier alpha value is -1.44. The number of ether oxygens (including phenoxy) is 3. The molecule has 122 valence electrons. The van der Waals surface area contributed by atoms with Gasteiger partial charge >= 0.3 is 18.0 Å². The van der Waals surface area contributed by atoms with Crippen molar-refractivity contribution < 1.29 is 28.6 Å². The summed E-state index contributed by atoms with van der Waals surface area (Å²) >= 11 is 1.04. The van der Waals surface area contributed by atoms with Gasteiger partial charge in [-0.2, -0.15) is 0 Å². The molecule has 7 nitrogen and oxygen atoms in total. The standard InChI is InChI=1S/C13H23NO6S/c1-8(14-12(17)20-13(2,3)4)7-21-9(10(15)18-5)11(16)19-6/h8-9H,7H2,1-6H3,(H,14,17)/t8-/m1/s1. The molecule has 0 fully saturated rings. The van der Waals surface area contributed by atoms with Crippen molar-refractivity contribution in [3.63, 3.8) is 0 Å². The minimum Gasteiger partial charge on any atom is -0.468 e. The second kappa shape index (κ2) is 8.76. The Labute approximate surface area is 129 Å². The van der Waals surface area contributed by atoms with Crippen molar-refractivity contribution in [1.82, 2.24) is 5.32 Å². The molecule has 0 aliphatic heterocycles. The van der Waals surface area contributed by atoms with Crippen molar-refractivity contribution in [2.45, 2.75) is 44.6 Å². The van der Waals surface area contributed by atoms with Crippen molar-refractivity contribution in [2.24, 2.45) is 0 Å². The monoisotopic (exact) mass is 321 g/mol. The van der Waals surface area contributed by atoms with E-state index in [0.717, 1.165) is 11.8 Å². The van der Waals surface area contributed by atoms with Gasteiger partial charge in [-0.15, -0.1) is 11.8 Å². The van der Waals surface area contributed by atoms with Crippen LogP contribution in [0, 0.1) is 0 Å². The van der Waals surface area contributed by atoms with Gasteiger partial charge in [0.1, 0.15) is 5.60 Å². The summed E-state index contributed by atoms with van der Waals surface area (Å²) in [7, 11) is 2.39. The third-order valence-electron chi connectivity index (χ3n) is 2.11. The van der Waals surface area contributed by atoms with Crippen LogP contribution >= 0.6 is 11.8 Å². The lowest BCUT2D eigenvalue weighted by molar-refractivity contribution is -0.150. The van der Waals surface area contributed by atoms with Crippen molar-refractivity contribution in [3.05, 3.63) is 0 Å². The van der Waals surface area contributed by atoms with Crippen LogP contribution in [0.1, 0.15) is 27.7 Å². The first kappa shape index (κ1) is 19.6. The van der Waals surface area contributed by atoms with Crippen molar-refractivity contribution >= 4 is 29.8 Å². The van der Waals surface area contributed by atoms with E-state index in [1.807, 2.05) is 0 Å². The minimum absolute atomic E-state index is 0.290. The molecule has 0 saturated carbocycles. The van der Waals surface area contributed by atoms with E-state index in [1.54, 1.807) is 27.7 Å². The molecule has 1 amide bonds. The summed E-state index contributed by atoms with van der Waals surface area (Å²) in [5, 5.41) is 1.55. The summed E-state index contributed by atoms with van der Waals surface area (Å²) < 4.78 is 14.2. The lowest BCUT2D eigenvalue weighted by atomic mass is 10.2. The maximum atomic E-state index is 11.6. The van der Waals surface area contributed by atoms with E-state index in [0.29, 0.717) is 5.75 Å². The van der Waals surface area contributed by atoms with Gasteiger partial charge in [-0.05, 0) is 27.7 Å². The van der Waals surface area contributed by atoms with E-state index in [1.165, 1.54) is 14.2 Å². The molecule has 0 aromatic rings. The predicted molar refractivity (Wildman–Crippen MR) is 79.1 cm³/mol. The molecule has 0 radical (unpaired) electrons. The Morgan fingerprint density at radius 1 is 1.10 bits per heavy atom. The number of methoxy groups -OCH3 is 2. The zero-order valence-corrected chi connectivity index (χ0v) is 14.0. The van der Waals surface area contributed by atoms with Crippen LogP contribution in [0.25, 0.3) is 0 Å². The summed E-state index contributed by atoms with van der Waals surface area (Å²) in [5.74, 6) is -1.04. The largest absolute Gasteiger partial charge is 0.468 e. The normalized spacial score (nSPS) is 12.5. The lowest BCUT2D eigenvalue weighted by Gasteiger charge is -2.22. The third kappa shape index (κ3) is 8.44. The lowest BCUT2D eigenvalue weighted by Crippen LogP contribution is -2.40. The first-order chi connectivity index (χ1) is 9.60. The average Bonchev–Trinajstić information content (AvgIpc) is 2.35. The number of carbonyl (C=O) groups is 3. The molecule has 0 aliphatic rings. The molecule has 8 heteroatoms. The van der Waals surface area contributed by atoms with E-state index < -0.39 is 28.9 Å². The SMILES string of the molecule is COC(=O)C(SC[C@@H](C)NC(=O)OC(C)(C)C)C(=O)OC. The van der Waals surface area contributed by atoms with Gasteiger partial charge in [0.2, 0.25) is 0 Å². The van der Waals surface area contributed by atoms with Gasteiger partial charge < -0.3 is 19.5 Å². The van der Waals surface area contributed by atoms with Gasteiger partial charge in [0.15, 0.2) is 5.25 Å². The molecule has 21 heavy (non-hydrogen) atoms. The van der Waals surface area contributed by atoms with Gasteiger partial charge in [0.05, 0.1) is 14.2 Å². The molecule has 0 aromatic heterocycles. The number of hydrogen-bond donors (Lipinski definition) is 1. The predicted octanol–water partition coefficient (Wildman–Crippen LogP) is 1.35. The number of amides is 1. The van der Waals surface area contributed by atoms with Gasteiger partial charge in [-0.25, -0.2) is 4.79 Å². The van der Waals surface area contributed by atoms with E-state index in [9.17, 15) is 14.4 Å². The topological polar surface area (TPSA) is 90.9 Å². The number of carbonyl (C=O) groups excluding carboxylic acids is 3. The Kier molecular flexibility index (Phi) is 8.16. The first-order valence-electron chi connectivity index (χ1n) is 6.37. The van der Waals surface area contributed by atoms with E-state index in [4.69, 9.17) is 4.74 Å². The molecule has 0 aliphatic carbocycles. The number of hydrogen-bond acceptors (Lipinski definition) is 7. The minimum atomic E-state index is -1.07. The molecule has 0 saturated heterocycles. The van der Waals surface area contributed by atoms with Crippen LogP contribution in [-0.4, -0.2) is 54.9 Å². The van der Waals surface area contributed by atoms with Crippen LogP contribution in [-0.2, 0) is 23.8 Å². The first-order valence-corrected chi connectivity index (χ1v) is 7.42. The molecule has 0 aromatic carbocycles. The fourth-order valence-electron chi connectivity index (χ4n) is 1.24. The number of thioether (sulfide) groups is 1. The summed E-state index contributed by atoms with van der Waals surface area (Å²) in [6.07, 6.45) is -0.553. The van der Waals surface area contributed by atoms with Crippen molar-refractivity contribution in [3.8, 4) is 0 Å². The zero-order valence-electron chi connectivity index (χ0n) is 13.2. The van der Waals surface area contributed by atoms with Gasteiger partial charge in [0.25, 0.3) is 0 Å². The molecule has 0 rings (SSSR count). The van der Waals surface area contributed by atoms with Gasteiger partial charge in [0, 0.05) is 11.8 Å². The molecule has 0 bridgehead atoms. The average molecular weight is 321 g/mol. The number of alkyl carbamates (subject to hydrolysis) is 1. The Morgan fingerprint density at radius 2 is 1.57 bits per heavy atom. The highest BCUT2D eigenvalue weighted by Gasteiger charge is 2.30. The van der Waals surface area contributed by atoms with Crippen LogP contribution in [0.2, 0.25) is 0 Å². The van der Waals surface area contributed by atoms with Crippen LogP contribution in [0.3, 0.4) is 0 Å². The molecule has 0 spiro atoms. The fraction of sp³-hybridized carbons (Fsp3) is 0.769.